The van der Waals surface area contributed by atoms with Crippen molar-refractivity contribution in [2.24, 2.45) is 5.84 Å². The highest BCUT2D eigenvalue weighted by atomic mass is 16.5. The fraction of sp³-hybridized carbons (Fsp3) is 0.538. The number of nitrogens with one attached hydrogen (secondary N) is 1. The smallest absolute Gasteiger partial charge is 0.0643 e. The zero-order chi connectivity index (χ0) is 12.0. The van der Waals surface area contributed by atoms with Crippen molar-refractivity contribution in [1.29, 1.82) is 0 Å². The predicted octanol–water partition coefficient (Wildman–Crippen LogP) is 1.88. The molecular weight excluding hydrogens is 200 g/mol. The number of hydrogen-bond donors (Lipinski definition) is 2. The predicted molar refractivity (Wildman–Crippen MR) is 67.0 cm³/mol. The van der Waals surface area contributed by atoms with Crippen LogP contribution < -0.4 is 11.3 Å². The molecule has 3 heteroatoms. The normalized spacial score (nSPS) is 13.8. The van der Waals surface area contributed by atoms with Crippen molar-refractivity contribution in [2.45, 2.75) is 38.8 Å². The zero-order valence-corrected chi connectivity index (χ0v) is 10.4. The minimum Gasteiger partial charge on any atom is -0.374 e. The molecule has 90 valence electrons. The van der Waals surface area contributed by atoms with E-state index < -0.39 is 0 Å². The van der Waals surface area contributed by atoms with E-state index in [4.69, 9.17) is 10.6 Å². The van der Waals surface area contributed by atoms with Gasteiger partial charge < -0.3 is 4.74 Å². The first-order chi connectivity index (χ1) is 7.51. The maximum atomic E-state index is 5.71. The number of hydrazine groups is 1. The van der Waals surface area contributed by atoms with Crippen LogP contribution in [-0.2, 0) is 11.2 Å². The van der Waals surface area contributed by atoms with E-state index >= 15 is 0 Å². The Morgan fingerprint density at radius 3 is 2.38 bits per heavy atom. The molecule has 0 bridgehead atoms. The van der Waals surface area contributed by atoms with Gasteiger partial charge in [-0.3, -0.25) is 11.3 Å². The van der Waals surface area contributed by atoms with E-state index in [1.807, 2.05) is 39.0 Å². The molecule has 1 unspecified atom stereocenters. The van der Waals surface area contributed by atoms with Crippen LogP contribution in [0.4, 0.5) is 0 Å². The molecule has 0 fully saturated rings. The standard InChI is InChI=1S/C13H22N2O/c1-13(2,3)16-10-12(15-14)9-11-7-5-4-6-8-11/h4-8,12,15H,9-10,14H2,1-3H3. The first kappa shape index (κ1) is 13.2. The van der Waals surface area contributed by atoms with Gasteiger partial charge in [0.15, 0.2) is 0 Å². The fourth-order valence-corrected chi connectivity index (χ4v) is 1.42. The number of nitrogens with two attached hydrogens (primary N) is 1. The summed E-state index contributed by atoms with van der Waals surface area (Å²) < 4.78 is 5.71. The van der Waals surface area contributed by atoms with Crippen molar-refractivity contribution in [3.05, 3.63) is 35.9 Å². The molecule has 0 aliphatic rings. The van der Waals surface area contributed by atoms with Gasteiger partial charge in [-0.15, -0.1) is 0 Å². The van der Waals surface area contributed by atoms with Gasteiger partial charge in [0.25, 0.3) is 0 Å². The highest BCUT2D eigenvalue weighted by Crippen LogP contribution is 2.09. The SMILES string of the molecule is CC(C)(C)OCC(Cc1ccccc1)NN. The highest BCUT2D eigenvalue weighted by Gasteiger charge is 2.14. The van der Waals surface area contributed by atoms with E-state index in [0.717, 1.165) is 6.42 Å². The Labute approximate surface area is 98.0 Å². The second-order valence-electron chi connectivity index (χ2n) is 4.98. The van der Waals surface area contributed by atoms with Gasteiger partial charge in [-0.2, -0.15) is 0 Å². The lowest BCUT2D eigenvalue weighted by Crippen LogP contribution is -2.42. The third-order valence-electron chi connectivity index (χ3n) is 2.28. The topological polar surface area (TPSA) is 47.3 Å². The first-order valence-electron chi connectivity index (χ1n) is 5.65. The molecule has 0 saturated heterocycles. The quantitative estimate of drug-likeness (QED) is 0.590. The van der Waals surface area contributed by atoms with Crippen LogP contribution in [-0.4, -0.2) is 18.2 Å². The average molecular weight is 222 g/mol. The molecule has 0 aliphatic heterocycles. The van der Waals surface area contributed by atoms with E-state index in [0.29, 0.717) is 6.61 Å². The maximum Gasteiger partial charge on any atom is 0.0643 e. The van der Waals surface area contributed by atoms with Crippen molar-refractivity contribution in [3.63, 3.8) is 0 Å². The van der Waals surface area contributed by atoms with Gasteiger partial charge in [0.2, 0.25) is 0 Å². The van der Waals surface area contributed by atoms with Gasteiger partial charge in [0.05, 0.1) is 12.2 Å². The van der Waals surface area contributed by atoms with Gasteiger partial charge in [-0.25, -0.2) is 0 Å². The first-order valence-corrected chi connectivity index (χ1v) is 5.65. The van der Waals surface area contributed by atoms with Crippen molar-refractivity contribution in [2.75, 3.05) is 6.61 Å². The lowest BCUT2D eigenvalue weighted by Gasteiger charge is -2.24. The Morgan fingerprint density at radius 1 is 1.25 bits per heavy atom. The summed E-state index contributed by atoms with van der Waals surface area (Å²) in [6.45, 7) is 6.75. The Kier molecular flexibility index (Phi) is 4.93. The van der Waals surface area contributed by atoms with Gasteiger partial charge >= 0.3 is 0 Å². The van der Waals surface area contributed by atoms with Crippen molar-refractivity contribution < 1.29 is 4.74 Å². The van der Waals surface area contributed by atoms with E-state index in [2.05, 4.69) is 17.6 Å². The Balaban J connectivity index is 2.44. The lowest BCUT2D eigenvalue weighted by molar-refractivity contribution is -0.0143. The van der Waals surface area contributed by atoms with Gasteiger partial charge in [0, 0.05) is 6.04 Å². The minimum atomic E-state index is -0.119. The summed E-state index contributed by atoms with van der Waals surface area (Å²) in [5, 5.41) is 0. The molecule has 0 amide bonds. The summed E-state index contributed by atoms with van der Waals surface area (Å²) in [6, 6.07) is 10.4. The summed E-state index contributed by atoms with van der Waals surface area (Å²) >= 11 is 0. The largest absolute Gasteiger partial charge is 0.374 e. The third-order valence-corrected chi connectivity index (χ3v) is 2.28. The van der Waals surface area contributed by atoms with Crippen molar-refractivity contribution in [3.8, 4) is 0 Å². The summed E-state index contributed by atoms with van der Waals surface area (Å²) in [5.41, 5.74) is 3.95. The summed E-state index contributed by atoms with van der Waals surface area (Å²) in [5.74, 6) is 5.52. The van der Waals surface area contributed by atoms with Crippen LogP contribution in [0.15, 0.2) is 30.3 Å². The third kappa shape index (κ3) is 5.26. The van der Waals surface area contributed by atoms with Gasteiger partial charge in [-0.05, 0) is 32.8 Å². The van der Waals surface area contributed by atoms with Crippen LogP contribution in [0, 0.1) is 0 Å². The fourth-order valence-electron chi connectivity index (χ4n) is 1.42. The highest BCUT2D eigenvalue weighted by molar-refractivity contribution is 5.15. The Bertz CT molecular complexity index is 293. The minimum absolute atomic E-state index is 0.119. The molecule has 1 rings (SSSR count). The van der Waals surface area contributed by atoms with Crippen LogP contribution in [0.1, 0.15) is 26.3 Å². The molecule has 0 aliphatic carbocycles. The second-order valence-corrected chi connectivity index (χ2v) is 4.98. The monoisotopic (exact) mass is 222 g/mol. The molecule has 1 atom stereocenters. The van der Waals surface area contributed by atoms with Crippen LogP contribution in [0.2, 0.25) is 0 Å². The molecule has 0 heterocycles. The Hall–Kier alpha value is -0.900. The van der Waals surface area contributed by atoms with Crippen molar-refractivity contribution in [1.82, 2.24) is 5.43 Å². The molecule has 0 spiro atoms. The molecule has 16 heavy (non-hydrogen) atoms. The van der Waals surface area contributed by atoms with E-state index in [1.165, 1.54) is 5.56 Å². The zero-order valence-electron chi connectivity index (χ0n) is 10.4. The Morgan fingerprint density at radius 2 is 1.88 bits per heavy atom. The number of rotatable bonds is 5. The number of hydrogen-bond acceptors (Lipinski definition) is 3. The van der Waals surface area contributed by atoms with Crippen LogP contribution >= 0.6 is 0 Å². The second kappa shape index (κ2) is 5.99. The molecule has 1 aromatic rings. The van der Waals surface area contributed by atoms with Crippen LogP contribution in [0.3, 0.4) is 0 Å². The molecule has 0 radical (unpaired) electrons. The van der Waals surface area contributed by atoms with E-state index in [1.54, 1.807) is 0 Å². The molecule has 3 nitrogen and oxygen atoms in total. The van der Waals surface area contributed by atoms with Crippen LogP contribution in [0.5, 0.6) is 0 Å². The van der Waals surface area contributed by atoms with Gasteiger partial charge in [-0.1, -0.05) is 30.3 Å². The van der Waals surface area contributed by atoms with Crippen LogP contribution in [0.25, 0.3) is 0 Å². The molecule has 1 aromatic carbocycles. The number of benzene rings is 1. The maximum absolute atomic E-state index is 5.71. The molecular formula is C13H22N2O. The molecule has 0 saturated carbocycles. The lowest BCUT2D eigenvalue weighted by atomic mass is 10.1. The summed E-state index contributed by atoms with van der Waals surface area (Å²) in [7, 11) is 0. The molecule has 3 N–H and O–H groups in total. The van der Waals surface area contributed by atoms with E-state index in [-0.39, 0.29) is 11.6 Å². The summed E-state index contributed by atoms with van der Waals surface area (Å²) in [4.78, 5) is 0. The van der Waals surface area contributed by atoms with Gasteiger partial charge in [0.1, 0.15) is 0 Å². The van der Waals surface area contributed by atoms with Crippen molar-refractivity contribution >= 4 is 0 Å². The molecule has 0 aromatic heterocycles. The number of ether oxygens (including phenoxy) is 1. The summed E-state index contributed by atoms with van der Waals surface area (Å²) in [6.07, 6.45) is 0.882. The van der Waals surface area contributed by atoms with E-state index in [9.17, 15) is 0 Å². The average Bonchev–Trinajstić information content (AvgIpc) is 2.24.